The molecule has 0 unspecified atom stereocenters. The lowest BCUT2D eigenvalue weighted by atomic mass is 10.2. The highest BCUT2D eigenvalue weighted by Crippen LogP contribution is 2.22. The van der Waals surface area contributed by atoms with E-state index in [0.717, 1.165) is 39.9 Å². The summed E-state index contributed by atoms with van der Waals surface area (Å²) >= 11 is 13.3. The predicted octanol–water partition coefficient (Wildman–Crippen LogP) is 4.86. The van der Waals surface area contributed by atoms with Crippen LogP contribution in [0.1, 0.15) is 22.7 Å². The number of aromatic nitrogens is 1. The van der Waals surface area contributed by atoms with Gasteiger partial charge in [-0.25, -0.2) is 4.98 Å². The molecule has 2 aromatic rings. The van der Waals surface area contributed by atoms with Crippen LogP contribution in [0.25, 0.3) is 0 Å². The molecule has 1 aromatic carbocycles. The van der Waals surface area contributed by atoms with Crippen LogP contribution in [-0.4, -0.2) is 11.6 Å². The van der Waals surface area contributed by atoms with Crippen LogP contribution in [0.4, 0.5) is 0 Å². The Bertz CT molecular complexity index is 542. The summed E-state index contributed by atoms with van der Waals surface area (Å²) in [5.74, 6) is 1.38. The second-order valence-corrected chi connectivity index (χ2v) is 5.87. The predicted molar refractivity (Wildman–Crippen MR) is 81.7 cm³/mol. The molecule has 0 saturated carbocycles. The lowest BCUT2D eigenvalue weighted by molar-refractivity contribution is 0.309. The second-order valence-electron chi connectivity index (χ2n) is 4.23. The number of benzene rings is 1. The van der Waals surface area contributed by atoms with Crippen LogP contribution < -0.4 is 4.74 Å². The summed E-state index contributed by atoms with van der Waals surface area (Å²) in [6, 6.07) is 5.66. The Hall–Kier alpha value is -0.770. The van der Waals surface area contributed by atoms with Gasteiger partial charge in [-0.3, -0.25) is 0 Å². The van der Waals surface area contributed by atoms with Gasteiger partial charge in [0.15, 0.2) is 0 Å². The summed E-state index contributed by atoms with van der Waals surface area (Å²) in [6.45, 7) is 2.67. The fourth-order valence-electron chi connectivity index (χ4n) is 1.71. The molecule has 19 heavy (non-hydrogen) atoms. The normalized spacial score (nSPS) is 10.7. The number of thiazole rings is 1. The van der Waals surface area contributed by atoms with Crippen molar-refractivity contribution in [2.45, 2.75) is 25.6 Å². The van der Waals surface area contributed by atoms with E-state index in [4.69, 9.17) is 27.9 Å². The van der Waals surface area contributed by atoms with Gasteiger partial charge in [-0.15, -0.1) is 22.9 Å². The van der Waals surface area contributed by atoms with Gasteiger partial charge < -0.3 is 4.74 Å². The third kappa shape index (κ3) is 4.37. The molecule has 0 saturated heterocycles. The largest absolute Gasteiger partial charge is 0.493 e. The molecule has 0 spiro atoms. The molecule has 1 heterocycles. The Kier molecular flexibility index (Phi) is 5.49. The molecule has 5 heteroatoms. The summed E-state index contributed by atoms with van der Waals surface area (Å²) in [4.78, 5) is 4.42. The number of aryl methyl sites for hydroxylation is 2. The maximum Gasteiger partial charge on any atom is 0.122 e. The van der Waals surface area contributed by atoms with Crippen molar-refractivity contribution < 1.29 is 4.74 Å². The third-order valence-electron chi connectivity index (χ3n) is 2.67. The number of ether oxygens (including phenoxy) is 1. The number of halogens is 2. The van der Waals surface area contributed by atoms with E-state index < -0.39 is 0 Å². The molecule has 0 bridgehead atoms. The quantitative estimate of drug-likeness (QED) is 0.561. The summed E-state index contributed by atoms with van der Waals surface area (Å²) in [5, 5.41) is 3.86. The first kappa shape index (κ1) is 14.6. The molecular weight excluding hydrogens is 301 g/mol. The zero-order chi connectivity index (χ0) is 13.7. The molecule has 0 atom stereocenters. The zero-order valence-electron chi connectivity index (χ0n) is 10.7. The van der Waals surface area contributed by atoms with Crippen LogP contribution in [0, 0.1) is 6.92 Å². The van der Waals surface area contributed by atoms with E-state index in [1.54, 1.807) is 11.3 Å². The first-order chi connectivity index (χ1) is 9.19. The highest BCUT2D eigenvalue weighted by atomic mass is 35.5. The Morgan fingerprint density at radius 1 is 1.37 bits per heavy atom. The maximum absolute atomic E-state index is 5.90. The molecule has 2 nitrogen and oxygen atoms in total. The Labute approximate surface area is 127 Å². The Balaban J connectivity index is 1.77. The zero-order valence-corrected chi connectivity index (χ0v) is 13.0. The standard InChI is InChI=1S/C14H15Cl2NOS/c1-10-7-11(16)4-5-13(10)18-6-2-3-14-17-12(8-15)9-19-14/h4-5,7,9H,2-3,6,8H2,1H3. The van der Waals surface area contributed by atoms with Gasteiger partial charge in [0.2, 0.25) is 0 Å². The first-order valence-electron chi connectivity index (χ1n) is 6.07. The number of hydrogen-bond donors (Lipinski definition) is 0. The third-order valence-corrected chi connectivity index (χ3v) is 4.13. The van der Waals surface area contributed by atoms with E-state index in [0.29, 0.717) is 12.5 Å². The fraction of sp³-hybridized carbons (Fsp3) is 0.357. The summed E-state index contributed by atoms with van der Waals surface area (Å²) in [7, 11) is 0. The van der Waals surface area contributed by atoms with E-state index in [-0.39, 0.29) is 0 Å². The topological polar surface area (TPSA) is 22.1 Å². The fourth-order valence-corrected chi connectivity index (χ4v) is 3.00. The van der Waals surface area contributed by atoms with E-state index in [9.17, 15) is 0 Å². The average Bonchev–Trinajstić information content (AvgIpc) is 2.84. The average molecular weight is 316 g/mol. The monoisotopic (exact) mass is 315 g/mol. The van der Waals surface area contributed by atoms with Crippen molar-refractivity contribution in [3.8, 4) is 5.75 Å². The lowest BCUT2D eigenvalue weighted by Gasteiger charge is -2.08. The van der Waals surface area contributed by atoms with Gasteiger partial charge >= 0.3 is 0 Å². The number of hydrogen-bond acceptors (Lipinski definition) is 3. The van der Waals surface area contributed by atoms with Crippen LogP contribution in [-0.2, 0) is 12.3 Å². The van der Waals surface area contributed by atoms with Gasteiger partial charge in [-0.05, 0) is 37.1 Å². The summed E-state index contributed by atoms with van der Waals surface area (Å²) < 4.78 is 5.74. The van der Waals surface area contributed by atoms with Gasteiger partial charge in [0, 0.05) is 16.8 Å². The molecule has 0 radical (unpaired) electrons. The highest BCUT2D eigenvalue weighted by molar-refractivity contribution is 7.09. The van der Waals surface area contributed by atoms with Crippen molar-refractivity contribution in [1.29, 1.82) is 0 Å². The minimum atomic E-state index is 0.483. The smallest absolute Gasteiger partial charge is 0.122 e. The lowest BCUT2D eigenvalue weighted by Crippen LogP contribution is -2.00. The molecule has 1 aromatic heterocycles. The molecule has 0 aliphatic carbocycles. The van der Waals surface area contributed by atoms with Gasteiger partial charge in [0.1, 0.15) is 5.75 Å². The maximum atomic E-state index is 5.90. The molecule has 2 rings (SSSR count). The van der Waals surface area contributed by atoms with Gasteiger partial charge in [0.05, 0.1) is 23.2 Å². The van der Waals surface area contributed by atoms with Gasteiger partial charge in [-0.1, -0.05) is 11.6 Å². The SMILES string of the molecule is Cc1cc(Cl)ccc1OCCCc1nc(CCl)cs1. The van der Waals surface area contributed by atoms with Crippen molar-refractivity contribution in [2.75, 3.05) is 6.61 Å². The van der Waals surface area contributed by atoms with Crippen LogP contribution in [0.3, 0.4) is 0 Å². The van der Waals surface area contributed by atoms with Crippen LogP contribution >= 0.6 is 34.5 Å². The van der Waals surface area contributed by atoms with Crippen LogP contribution in [0.15, 0.2) is 23.6 Å². The minimum Gasteiger partial charge on any atom is -0.493 e. The second kappa shape index (κ2) is 7.13. The minimum absolute atomic E-state index is 0.483. The van der Waals surface area contributed by atoms with E-state index in [1.807, 2.05) is 30.5 Å². The van der Waals surface area contributed by atoms with E-state index in [2.05, 4.69) is 4.98 Å². The van der Waals surface area contributed by atoms with Crippen LogP contribution in [0.5, 0.6) is 5.75 Å². The molecule has 0 amide bonds. The van der Waals surface area contributed by atoms with Crippen LogP contribution in [0.2, 0.25) is 5.02 Å². The summed E-state index contributed by atoms with van der Waals surface area (Å²) in [5.41, 5.74) is 2.02. The van der Waals surface area contributed by atoms with Gasteiger partial charge in [-0.2, -0.15) is 0 Å². The number of alkyl halides is 1. The Morgan fingerprint density at radius 3 is 2.89 bits per heavy atom. The molecule has 102 valence electrons. The molecule has 0 aliphatic rings. The van der Waals surface area contributed by atoms with Crippen molar-refractivity contribution in [2.24, 2.45) is 0 Å². The van der Waals surface area contributed by atoms with Crippen molar-refractivity contribution in [3.05, 3.63) is 44.9 Å². The first-order valence-corrected chi connectivity index (χ1v) is 7.86. The van der Waals surface area contributed by atoms with Crippen molar-refractivity contribution >= 4 is 34.5 Å². The highest BCUT2D eigenvalue weighted by Gasteiger charge is 2.03. The van der Waals surface area contributed by atoms with Crippen molar-refractivity contribution in [3.63, 3.8) is 0 Å². The molecule has 0 aliphatic heterocycles. The number of nitrogens with zero attached hydrogens (tertiary/aromatic N) is 1. The van der Waals surface area contributed by atoms with E-state index in [1.165, 1.54) is 0 Å². The van der Waals surface area contributed by atoms with Crippen molar-refractivity contribution in [1.82, 2.24) is 4.98 Å². The van der Waals surface area contributed by atoms with Gasteiger partial charge in [0.25, 0.3) is 0 Å². The Morgan fingerprint density at radius 2 is 2.21 bits per heavy atom. The molecule has 0 fully saturated rings. The molecule has 0 N–H and O–H groups in total. The number of rotatable bonds is 6. The summed E-state index contributed by atoms with van der Waals surface area (Å²) in [6.07, 6.45) is 1.87. The van der Waals surface area contributed by atoms with E-state index >= 15 is 0 Å². The molecular formula is C14H15Cl2NOS.